The average molecular weight is 495 g/mol. The third-order valence-electron chi connectivity index (χ3n) is 6.98. The van der Waals surface area contributed by atoms with Gasteiger partial charge in [-0.25, -0.2) is 4.98 Å². The van der Waals surface area contributed by atoms with Crippen molar-refractivity contribution < 1.29 is 13.2 Å². The lowest BCUT2D eigenvalue weighted by Gasteiger charge is -2.48. The van der Waals surface area contributed by atoms with Crippen molar-refractivity contribution in [3.63, 3.8) is 0 Å². The molecule has 186 valence electrons. The lowest BCUT2D eigenvalue weighted by molar-refractivity contribution is -0.137. The van der Waals surface area contributed by atoms with Gasteiger partial charge in [-0.15, -0.1) is 0 Å². The summed E-state index contributed by atoms with van der Waals surface area (Å²) in [6.45, 7) is 6.93. The van der Waals surface area contributed by atoms with Crippen molar-refractivity contribution in [2.75, 3.05) is 18.0 Å². The van der Waals surface area contributed by atoms with Crippen LogP contribution in [0.2, 0.25) is 0 Å². The van der Waals surface area contributed by atoms with E-state index < -0.39 is 17.3 Å². The number of hydrogen-bond donors (Lipinski definition) is 0. The fraction of sp³-hybridized carbons (Fsp3) is 0.385. The minimum Gasteiger partial charge on any atom is -0.363 e. The van der Waals surface area contributed by atoms with E-state index in [0.29, 0.717) is 29.8 Å². The van der Waals surface area contributed by atoms with Gasteiger partial charge in [0.1, 0.15) is 28.9 Å². The maximum Gasteiger partial charge on any atom is 0.416 e. The van der Waals surface area contributed by atoms with Crippen LogP contribution in [0.3, 0.4) is 0 Å². The van der Waals surface area contributed by atoms with E-state index in [-0.39, 0.29) is 29.4 Å². The first-order valence-electron chi connectivity index (χ1n) is 11.5. The average Bonchev–Trinajstić information content (AvgIpc) is 2.86. The van der Waals surface area contributed by atoms with Crippen LogP contribution in [-0.4, -0.2) is 39.6 Å². The van der Waals surface area contributed by atoms with Gasteiger partial charge in [0, 0.05) is 38.3 Å². The normalized spacial score (nSPS) is 19.6. The van der Waals surface area contributed by atoms with E-state index in [0.717, 1.165) is 17.7 Å². The second-order valence-corrected chi connectivity index (χ2v) is 9.22. The van der Waals surface area contributed by atoms with E-state index in [4.69, 9.17) is 0 Å². The van der Waals surface area contributed by atoms with Gasteiger partial charge in [0.2, 0.25) is 0 Å². The Morgan fingerprint density at radius 1 is 1.03 bits per heavy atom. The first-order chi connectivity index (χ1) is 17.0. The largest absolute Gasteiger partial charge is 0.416 e. The molecule has 1 unspecified atom stereocenters. The molecule has 1 aliphatic rings. The van der Waals surface area contributed by atoms with Gasteiger partial charge in [0.25, 0.3) is 5.56 Å². The van der Waals surface area contributed by atoms with Crippen LogP contribution in [0.1, 0.15) is 49.2 Å². The van der Waals surface area contributed by atoms with Gasteiger partial charge >= 0.3 is 6.18 Å². The fourth-order valence-electron chi connectivity index (χ4n) is 4.98. The molecule has 0 bridgehead atoms. The van der Waals surface area contributed by atoms with Crippen molar-refractivity contribution in [2.24, 2.45) is 7.05 Å². The van der Waals surface area contributed by atoms with Gasteiger partial charge in [-0.1, -0.05) is 12.1 Å². The number of fused-ring (bicyclic) bond motifs is 1. The molecule has 0 saturated carbocycles. The number of pyridine rings is 2. The first-order valence-corrected chi connectivity index (χ1v) is 11.5. The Morgan fingerprint density at radius 2 is 1.69 bits per heavy atom. The Hall–Kier alpha value is -3.89. The van der Waals surface area contributed by atoms with Gasteiger partial charge in [0.15, 0.2) is 0 Å². The maximum atomic E-state index is 13.0. The van der Waals surface area contributed by atoms with E-state index in [9.17, 15) is 28.5 Å². The number of nitriles is 2. The Kier molecular flexibility index (Phi) is 6.50. The van der Waals surface area contributed by atoms with Crippen molar-refractivity contribution in [2.45, 2.75) is 45.1 Å². The summed E-state index contributed by atoms with van der Waals surface area (Å²) in [5, 5.41) is 19.3. The van der Waals surface area contributed by atoms with Crippen LogP contribution in [0.25, 0.3) is 11.0 Å². The summed E-state index contributed by atoms with van der Waals surface area (Å²) < 4.78 is 40.3. The number of nitrogens with zero attached hydrogens (tertiary/aromatic N) is 6. The molecule has 2 aromatic heterocycles. The molecule has 4 rings (SSSR count). The van der Waals surface area contributed by atoms with Gasteiger partial charge in [-0.05, 0) is 50.6 Å². The molecule has 0 radical (unpaired) electrons. The van der Waals surface area contributed by atoms with Gasteiger partial charge in [0.05, 0.1) is 16.8 Å². The SMILES string of the molecule is CC(c1ccc(C(F)(F)F)cc1)N1C[C@H](C)N(c2c(C#N)c(=O)n(C)c3ccc(C#N)nc23)C[C@H]1C. The van der Waals surface area contributed by atoms with Crippen molar-refractivity contribution >= 4 is 16.7 Å². The quantitative estimate of drug-likeness (QED) is 0.538. The van der Waals surface area contributed by atoms with E-state index >= 15 is 0 Å². The zero-order chi connectivity index (χ0) is 26.4. The van der Waals surface area contributed by atoms with E-state index in [1.54, 1.807) is 13.1 Å². The zero-order valence-corrected chi connectivity index (χ0v) is 20.3. The number of benzene rings is 1. The molecule has 3 heterocycles. The minimum atomic E-state index is -4.39. The number of alkyl halides is 3. The lowest BCUT2D eigenvalue weighted by Crippen LogP contribution is -2.57. The summed E-state index contributed by atoms with van der Waals surface area (Å²) in [6.07, 6.45) is -4.39. The molecule has 0 spiro atoms. The summed E-state index contributed by atoms with van der Waals surface area (Å²) in [5.74, 6) is 0. The Morgan fingerprint density at radius 3 is 2.28 bits per heavy atom. The molecule has 0 aliphatic carbocycles. The first kappa shape index (κ1) is 25.2. The highest BCUT2D eigenvalue weighted by Gasteiger charge is 2.36. The molecular formula is C26H25F3N6O. The number of aromatic nitrogens is 2. The summed E-state index contributed by atoms with van der Waals surface area (Å²) in [4.78, 5) is 21.6. The van der Waals surface area contributed by atoms with Crippen LogP contribution >= 0.6 is 0 Å². The predicted octanol–water partition coefficient (Wildman–Crippen LogP) is 4.36. The standard InChI is InChI=1S/C26H25F3N6O/c1-15-14-35(16(2)13-34(15)17(3)18-5-7-19(8-6-18)26(27,28)29)24-21(12-31)25(36)33(4)22-10-9-20(11-30)32-23(22)24/h5-10,15-17H,13-14H2,1-4H3/t15-,16+,17?/m1/s1. The van der Waals surface area contributed by atoms with Crippen LogP contribution in [-0.2, 0) is 13.2 Å². The van der Waals surface area contributed by atoms with Crippen molar-refractivity contribution in [1.82, 2.24) is 14.5 Å². The van der Waals surface area contributed by atoms with Crippen molar-refractivity contribution in [3.8, 4) is 12.1 Å². The molecule has 0 N–H and O–H groups in total. The lowest BCUT2D eigenvalue weighted by atomic mass is 9.98. The highest BCUT2D eigenvalue weighted by atomic mass is 19.4. The van der Waals surface area contributed by atoms with Crippen molar-refractivity contribution in [3.05, 3.63) is 69.1 Å². The van der Waals surface area contributed by atoms with Crippen LogP contribution < -0.4 is 10.5 Å². The Labute approximate surface area is 206 Å². The van der Waals surface area contributed by atoms with Gasteiger partial charge in [-0.2, -0.15) is 23.7 Å². The monoisotopic (exact) mass is 494 g/mol. The molecule has 1 aromatic carbocycles. The van der Waals surface area contributed by atoms with E-state index in [2.05, 4.69) is 9.88 Å². The number of aryl methyl sites for hydroxylation is 1. The highest BCUT2D eigenvalue weighted by molar-refractivity contribution is 5.92. The third kappa shape index (κ3) is 4.29. The molecule has 1 fully saturated rings. The summed E-state index contributed by atoms with van der Waals surface area (Å²) in [6, 6.07) is 12.1. The van der Waals surface area contributed by atoms with Crippen molar-refractivity contribution in [1.29, 1.82) is 10.5 Å². The van der Waals surface area contributed by atoms with Crippen LogP contribution in [0, 0.1) is 22.7 Å². The number of rotatable bonds is 3. The van der Waals surface area contributed by atoms with Crippen LogP contribution in [0.15, 0.2) is 41.2 Å². The second kappa shape index (κ2) is 9.29. The summed E-state index contributed by atoms with van der Waals surface area (Å²) >= 11 is 0. The van der Waals surface area contributed by atoms with Gasteiger partial charge in [-0.3, -0.25) is 9.69 Å². The molecule has 3 aromatic rings. The van der Waals surface area contributed by atoms with Crippen LogP contribution in [0.5, 0.6) is 0 Å². The molecule has 7 nitrogen and oxygen atoms in total. The molecule has 36 heavy (non-hydrogen) atoms. The van der Waals surface area contributed by atoms with Gasteiger partial charge < -0.3 is 9.47 Å². The van der Waals surface area contributed by atoms with Crippen LogP contribution in [0.4, 0.5) is 18.9 Å². The molecule has 10 heteroatoms. The maximum absolute atomic E-state index is 13.0. The molecule has 3 atom stereocenters. The topological polar surface area (TPSA) is 89.0 Å². The van der Waals surface area contributed by atoms with E-state index in [1.807, 2.05) is 37.8 Å². The van der Waals surface area contributed by atoms with E-state index in [1.165, 1.54) is 22.8 Å². The number of halogens is 3. The summed E-state index contributed by atoms with van der Waals surface area (Å²) in [7, 11) is 1.57. The Bertz CT molecular complexity index is 1450. The number of piperazine rings is 1. The summed E-state index contributed by atoms with van der Waals surface area (Å²) in [5.41, 5.74) is 1.14. The minimum absolute atomic E-state index is 0.0316. The smallest absolute Gasteiger partial charge is 0.363 e. The zero-order valence-electron chi connectivity index (χ0n) is 20.3. The fourth-order valence-corrected chi connectivity index (χ4v) is 4.98. The number of anilines is 1. The predicted molar refractivity (Wildman–Crippen MR) is 129 cm³/mol. The Balaban J connectivity index is 1.71. The molecular weight excluding hydrogens is 469 g/mol. The second-order valence-electron chi connectivity index (χ2n) is 9.22. The highest BCUT2D eigenvalue weighted by Crippen LogP contribution is 2.35. The molecule has 1 aliphatic heterocycles. The molecule has 0 amide bonds. The number of hydrogen-bond acceptors (Lipinski definition) is 6. The third-order valence-corrected chi connectivity index (χ3v) is 6.98. The molecule has 1 saturated heterocycles.